The molecule has 0 atom stereocenters. The number of hydrogen-bond acceptors (Lipinski definition) is 5. The number of nitrogens with zero attached hydrogens (tertiary/aromatic N) is 2. The lowest BCUT2D eigenvalue weighted by Crippen LogP contribution is -2.13. The van der Waals surface area contributed by atoms with Crippen LogP contribution in [0.2, 0.25) is 10.0 Å². The number of ether oxygens (including phenoxy) is 1. The van der Waals surface area contributed by atoms with Gasteiger partial charge < -0.3 is 15.4 Å². The van der Waals surface area contributed by atoms with Crippen LogP contribution in [0.15, 0.2) is 54.6 Å². The molecule has 1 aromatic heterocycles. The van der Waals surface area contributed by atoms with E-state index in [2.05, 4.69) is 20.8 Å². The number of halogens is 2. The summed E-state index contributed by atoms with van der Waals surface area (Å²) in [5.41, 5.74) is 1.15. The molecule has 2 N–H and O–H groups in total. The van der Waals surface area contributed by atoms with E-state index in [9.17, 15) is 4.79 Å². The van der Waals surface area contributed by atoms with Gasteiger partial charge >= 0.3 is 0 Å². The number of anilines is 3. The van der Waals surface area contributed by atoms with Crippen molar-refractivity contribution in [3.63, 3.8) is 0 Å². The molecule has 1 heterocycles. The van der Waals surface area contributed by atoms with E-state index in [1.165, 1.54) is 0 Å². The molecule has 0 aliphatic heterocycles. The van der Waals surface area contributed by atoms with Crippen molar-refractivity contribution in [2.75, 3.05) is 17.7 Å². The Bertz CT molecular complexity index is 912. The number of carbonyl (C=O) groups excluding carboxylic acids is 1. The lowest BCUT2D eigenvalue weighted by Gasteiger charge is -2.08. The minimum Gasteiger partial charge on any atom is -0.497 e. The Balaban J connectivity index is 1.68. The quantitative estimate of drug-likeness (QED) is 0.656. The summed E-state index contributed by atoms with van der Waals surface area (Å²) in [4.78, 5) is 12.3. The first kappa shape index (κ1) is 18.0. The molecule has 8 heteroatoms. The van der Waals surface area contributed by atoms with Gasteiger partial charge in [0, 0.05) is 21.3 Å². The molecule has 0 saturated carbocycles. The van der Waals surface area contributed by atoms with Crippen molar-refractivity contribution < 1.29 is 9.53 Å². The molecule has 0 bridgehead atoms. The molecule has 6 nitrogen and oxygen atoms in total. The molecule has 1 amide bonds. The minimum atomic E-state index is -0.305. The zero-order valence-electron chi connectivity index (χ0n) is 13.7. The van der Waals surface area contributed by atoms with Crippen LogP contribution in [-0.4, -0.2) is 23.2 Å². The van der Waals surface area contributed by atoms with E-state index in [1.54, 1.807) is 61.7 Å². The van der Waals surface area contributed by atoms with Crippen molar-refractivity contribution in [1.82, 2.24) is 10.2 Å². The summed E-state index contributed by atoms with van der Waals surface area (Å²) in [6.45, 7) is 0. The largest absolute Gasteiger partial charge is 0.497 e. The summed E-state index contributed by atoms with van der Waals surface area (Å²) in [7, 11) is 1.54. The summed E-state index contributed by atoms with van der Waals surface area (Å²) >= 11 is 11.9. The monoisotopic (exact) mass is 388 g/mol. The molecule has 0 saturated heterocycles. The normalized spacial score (nSPS) is 10.3. The number of nitrogens with one attached hydrogen (secondary N) is 2. The molecule has 2 aromatic carbocycles. The average Bonchev–Trinajstić information content (AvgIpc) is 2.62. The molecule has 0 aliphatic carbocycles. The molecule has 0 radical (unpaired) electrons. The second-order valence-corrected chi connectivity index (χ2v) is 6.15. The van der Waals surface area contributed by atoms with Gasteiger partial charge in [0.15, 0.2) is 11.6 Å². The lowest BCUT2D eigenvalue weighted by atomic mass is 10.2. The molecule has 0 spiro atoms. The van der Waals surface area contributed by atoms with Crippen LogP contribution in [0.25, 0.3) is 0 Å². The van der Waals surface area contributed by atoms with E-state index >= 15 is 0 Å². The van der Waals surface area contributed by atoms with Crippen molar-refractivity contribution in [3.8, 4) is 5.75 Å². The van der Waals surface area contributed by atoms with Crippen molar-refractivity contribution in [1.29, 1.82) is 0 Å². The fraction of sp³-hybridized carbons (Fsp3) is 0.0556. The second kappa shape index (κ2) is 8.03. The van der Waals surface area contributed by atoms with Gasteiger partial charge in [-0.1, -0.05) is 29.3 Å². The van der Waals surface area contributed by atoms with Crippen molar-refractivity contribution in [2.45, 2.75) is 0 Å². The van der Waals surface area contributed by atoms with Gasteiger partial charge in [-0.15, -0.1) is 10.2 Å². The SMILES string of the molecule is COc1cccc(C(=O)Nc2ccc(Nc3cc(Cl)cc(Cl)c3)nn2)c1. The molecular formula is C18H14Cl2N4O2. The minimum absolute atomic E-state index is 0.305. The predicted molar refractivity (Wildman–Crippen MR) is 103 cm³/mol. The third kappa shape index (κ3) is 4.62. The number of carbonyl (C=O) groups is 1. The highest BCUT2D eigenvalue weighted by Crippen LogP contribution is 2.24. The number of amides is 1. The standard InChI is InChI=1S/C18H14Cl2N4O2/c1-26-15-4-2-3-11(7-15)18(25)22-17-6-5-16(23-24-17)21-14-9-12(19)8-13(20)10-14/h2-10H,1H3,(H,21,23)(H,22,24,25). The first-order chi connectivity index (χ1) is 12.5. The molecular weight excluding hydrogens is 375 g/mol. The summed E-state index contributed by atoms with van der Waals surface area (Å²) in [5, 5.41) is 14.8. The van der Waals surface area contributed by atoms with Gasteiger partial charge in [0.2, 0.25) is 0 Å². The summed E-state index contributed by atoms with van der Waals surface area (Å²) < 4.78 is 5.11. The smallest absolute Gasteiger partial charge is 0.256 e. The van der Waals surface area contributed by atoms with E-state index in [-0.39, 0.29) is 5.91 Å². The van der Waals surface area contributed by atoms with Gasteiger partial charge in [-0.3, -0.25) is 4.79 Å². The maximum absolute atomic E-state index is 12.3. The van der Waals surface area contributed by atoms with Crippen LogP contribution in [0.1, 0.15) is 10.4 Å². The average molecular weight is 389 g/mol. The number of aromatic nitrogens is 2. The predicted octanol–water partition coefficient (Wildman–Crippen LogP) is 4.79. The Morgan fingerprint density at radius 2 is 1.65 bits per heavy atom. The van der Waals surface area contributed by atoms with Crippen LogP contribution in [0.3, 0.4) is 0 Å². The van der Waals surface area contributed by atoms with E-state index in [4.69, 9.17) is 27.9 Å². The van der Waals surface area contributed by atoms with Crippen molar-refractivity contribution in [3.05, 3.63) is 70.2 Å². The maximum atomic E-state index is 12.3. The van der Waals surface area contributed by atoms with Crippen LogP contribution in [-0.2, 0) is 0 Å². The number of rotatable bonds is 5. The first-order valence-corrected chi connectivity index (χ1v) is 8.31. The molecule has 0 unspecified atom stereocenters. The number of benzene rings is 2. The van der Waals surface area contributed by atoms with Crippen LogP contribution >= 0.6 is 23.2 Å². The molecule has 0 aliphatic rings. The van der Waals surface area contributed by atoms with Gasteiger partial charge in [0.05, 0.1) is 7.11 Å². The lowest BCUT2D eigenvalue weighted by molar-refractivity contribution is 0.102. The first-order valence-electron chi connectivity index (χ1n) is 7.56. The van der Waals surface area contributed by atoms with Gasteiger partial charge in [-0.05, 0) is 48.5 Å². The Morgan fingerprint density at radius 1 is 0.962 bits per heavy atom. The molecule has 3 rings (SSSR count). The maximum Gasteiger partial charge on any atom is 0.256 e. The van der Waals surface area contributed by atoms with Gasteiger partial charge in [0.1, 0.15) is 5.75 Å². The highest BCUT2D eigenvalue weighted by molar-refractivity contribution is 6.35. The summed E-state index contributed by atoms with van der Waals surface area (Å²) in [5.74, 6) is 1.11. The fourth-order valence-corrected chi connectivity index (χ4v) is 2.72. The Hall–Kier alpha value is -2.83. The van der Waals surface area contributed by atoms with Crippen LogP contribution in [0.5, 0.6) is 5.75 Å². The zero-order valence-corrected chi connectivity index (χ0v) is 15.2. The van der Waals surface area contributed by atoms with E-state index in [0.29, 0.717) is 38.7 Å². The van der Waals surface area contributed by atoms with Gasteiger partial charge in [0.25, 0.3) is 5.91 Å². The zero-order chi connectivity index (χ0) is 18.5. The van der Waals surface area contributed by atoms with E-state index in [1.807, 2.05) is 0 Å². The second-order valence-electron chi connectivity index (χ2n) is 5.27. The Kier molecular flexibility index (Phi) is 5.55. The Labute approximate surface area is 160 Å². The molecule has 0 fully saturated rings. The summed E-state index contributed by atoms with van der Waals surface area (Å²) in [6.07, 6.45) is 0. The number of hydrogen-bond donors (Lipinski definition) is 2. The molecule has 3 aromatic rings. The van der Waals surface area contributed by atoms with Crippen LogP contribution in [0.4, 0.5) is 17.3 Å². The highest BCUT2D eigenvalue weighted by Gasteiger charge is 2.08. The van der Waals surface area contributed by atoms with E-state index < -0.39 is 0 Å². The van der Waals surface area contributed by atoms with Crippen LogP contribution < -0.4 is 15.4 Å². The molecule has 26 heavy (non-hydrogen) atoms. The van der Waals surface area contributed by atoms with E-state index in [0.717, 1.165) is 0 Å². The number of methoxy groups -OCH3 is 1. The van der Waals surface area contributed by atoms with Gasteiger partial charge in [-0.2, -0.15) is 0 Å². The molecule has 132 valence electrons. The summed E-state index contributed by atoms with van der Waals surface area (Å²) in [6, 6.07) is 15.2. The third-order valence-electron chi connectivity index (χ3n) is 3.37. The van der Waals surface area contributed by atoms with Crippen molar-refractivity contribution >= 4 is 46.4 Å². The van der Waals surface area contributed by atoms with Gasteiger partial charge in [-0.25, -0.2) is 0 Å². The topological polar surface area (TPSA) is 76.1 Å². The fourth-order valence-electron chi connectivity index (χ4n) is 2.19. The Morgan fingerprint density at radius 3 is 2.31 bits per heavy atom. The highest BCUT2D eigenvalue weighted by atomic mass is 35.5. The van der Waals surface area contributed by atoms with Crippen LogP contribution in [0, 0.1) is 0 Å². The third-order valence-corrected chi connectivity index (χ3v) is 3.81. The van der Waals surface area contributed by atoms with Crippen molar-refractivity contribution in [2.24, 2.45) is 0 Å².